The van der Waals surface area contributed by atoms with Gasteiger partial charge in [-0.1, -0.05) is 24.3 Å². The highest BCUT2D eigenvalue weighted by Gasteiger charge is 2.10. The second-order valence-electron chi connectivity index (χ2n) is 6.14. The highest BCUT2D eigenvalue weighted by atomic mass is 32.1. The maximum Gasteiger partial charge on any atom is 0.220 e. The van der Waals surface area contributed by atoms with Crippen molar-refractivity contribution in [3.8, 4) is 5.75 Å². The fraction of sp³-hybridized carbons (Fsp3) is 0.300. The molecule has 0 radical (unpaired) electrons. The van der Waals surface area contributed by atoms with Crippen LogP contribution in [0, 0.1) is 5.82 Å². The molecule has 0 saturated carbocycles. The van der Waals surface area contributed by atoms with E-state index in [9.17, 15) is 9.18 Å². The quantitative estimate of drug-likeness (QED) is 0.640. The van der Waals surface area contributed by atoms with Crippen molar-refractivity contribution in [1.29, 1.82) is 0 Å². The van der Waals surface area contributed by atoms with E-state index in [4.69, 9.17) is 4.74 Å². The molecule has 1 aromatic heterocycles. The number of para-hydroxylation sites is 2. The maximum absolute atomic E-state index is 13.5. The van der Waals surface area contributed by atoms with Crippen molar-refractivity contribution in [2.24, 2.45) is 0 Å². The maximum atomic E-state index is 13.5. The molecule has 3 rings (SSSR count). The van der Waals surface area contributed by atoms with E-state index < -0.39 is 5.82 Å². The Hall–Kier alpha value is -2.47. The van der Waals surface area contributed by atoms with Crippen LogP contribution in [0.5, 0.6) is 5.75 Å². The zero-order chi connectivity index (χ0) is 18.4. The smallest absolute Gasteiger partial charge is 0.220 e. The first-order valence-electron chi connectivity index (χ1n) is 8.63. The van der Waals surface area contributed by atoms with Crippen LogP contribution in [-0.4, -0.2) is 23.5 Å². The highest BCUT2D eigenvalue weighted by molar-refractivity contribution is 7.18. The highest BCUT2D eigenvalue weighted by Crippen LogP contribution is 2.22. The SMILES string of the molecule is CC(COc1ccccc1F)NC(=O)CCCc1nc2ccccc2s1. The van der Waals surface area contributed by atoms with Crippen molar-refractivity contribution in [3.63, 3.8) is 0 Å². The molecule has 0 aliphatic rings. The number of aromatic nitrogens is 1. The van der Waals surface area contributed by atoms with Crippen LogP contribution in [0.15, 0.2) is 48.5 Å². The van der Waals surface area contributed by atoms with Gasteiger partial charge in [0.25, 0.3) is 0 Å². The van der Waals surface area contributed by atoms with E-state index in [0.717, 1.165) is 23.4 Å². The first-order chi connectivity index (χ1) is 12.6. The number of halogens is 1. The lowest BCUT2D eigenvalue weighted by Gasteiger charge is -2.15. The van der Waals surface area contributed by atoms with Crippen LogP contribution in [0.4, 0.5) is 4.39 Å². The Labute approximate surface area is 156 Å². The molecule has 0 saturated heterocycles. The molecule has 1 unspecified atom stereocenters. The standard InChI is InChI=1S/C20H21FN2O2S/c1-14(13-25-17-9-4-2-7-15(17)21)22-19(24)11-6-12-20-23-16-8-3-5-10-18(16)26-20/h2-5,7-10,14H,6,11-13H2,1H3,(H,22,24). The van der Waals surface area contributed by atoms with Crippen LogP contribution in [-0.2, 0) is 11.2 Å². The predicted octanol–water partition coefficient (Wildman–Crippen LogP) is 4.34. The van der Waals surface area contributed by atoms with E-state index in [1.807, 2.05) is 25.1 Å². The van der Waals surface area contributed by atoms with Crippen LogP contribution < -0.4 is 10.1 Å². The Kier molecular flexibility index (Phi) is 6.17. The summed E-state index contributed by atoms with van der Waals surface area (Å²) in [6, 6.07) is 14.1. The molecule has 6 heteroatoms. The Bertz CT molecular complexity index is 848. The summed E-state index contributed by atoms with van der Waals surface area (Å²) in [7, 11) is 0. The number of carbonyl (C=O) groups excluding carboxylic acids is 1. The van der Waals surface area contributed by atoms with E-state index in [1.54, 1.807) is 29.5 Å². The van der Waals surface area contributed by atoms with Gasteiger partial charge in [-0.2, -0.15) is 0 Å². The van der Waals surface area contributed by atoms with Crippen molar-refractivity contribution in [2.75, 3.05) is 6.61 Å². The average molecular weight is 372 g/mol. The number of nitrogens with one attached hydrogen (secondary N) is 1. The molecule has 0 bridgehead atoms. The van der Waals surface area contributed by atoms with Gasteiger partial charge in [-0.3, -0.25) is 4.79 Å². The van der Waals surface area contributed by atoms with Crippen LogP contribution >= 0.6 is 11.3 Å². The number of nitrogens with zero attached hydrogens (tertiary/aromatic N) is 1. The van der Waals surface area contributed by atoms with Crippen LogP contribution in [0.1, 0.15) is 24.8 Å². The number of ether oxygens (including phenoxy) is 1. The van der Waals surface area contributed by atoms with Gasteiger partial charge in [-0.15, -0.1) is 11.3 Å². The van der Waals surface area contributed by atoms with E-state index in [1.165, 1.54) is 10.8 Å². The first-order valence-corrected chi connectivity index (χ1v) is 9.44. The van der Waals surface area contributed by atoms with Gasteiger partial charge in [0.05, 0.1) is 21.3 Å². The number of hydrogen-bond donors (Lipinski definition) is 1. The topological polar surface area (TPSA) is 51.2 Å². The normalized spacial score (nSPS) is 12.1. The molecule has 3 aromatic rings. The van der Waals surface area contributed by atoms with Gasteiger partial charge in [0.2, 0.25) is 5.91 Å². The molecule has 0 aliphatic heterocycles. The lowest BCUT2D eigenvalue weighted by atomic mass is 10.2. The summed E-state index contributed by atoms with van der Waals surface area (Å²) >= 11 is 1.67. The van der Waals surface area contributed by atoms with Crippen molar-refractivity contribution in [1.82, 2.24) is 10.3 Å². The number of rotatable bonds is 8. The van der Waals surface area contributed by atoms with E-state index in [-0.39, 0.29) is 24.3 Å². The molecule has 0 fully saturated rings. The van der Waals surface area contributed by atoms with E-state index in [0.29, 0.717) is 6.42 Å². The molecule has 4 nitrogen and oxygen atoms in total. The Balaban J connectivity index is 1.38. The number of carbonyl (C=O) groups is 1. The molecule has 1 atom stereocenters. The largest absolute Gasteiger partial charge is 0.488 e. The number of hydrogen-bond acceptors (Lipinski definition) is 4. The third kappa shape index (κ3) is 5.02. The lowest BCUT2D eigenvalue weighted by Crippen LogP contribution is -2.36. The summed E-state index contributed by atoms with van der Waals surface area (Å²) in [6.45, 7) is 2.07. The molecule has 1 heterocycles. The van der Waals surface area contributed by atoms with Crippen LogP contribution in [0.3, 0.4) is 0 Å². The zero-order valence-corrected chi connectivity index (χ0v) is 15.4. The average Bonchev–Trinajstić information content (AvgIpc) is 3.03. The van der Waals surface area contributed by atoms with Gasteiger partial charge >= 0.3 is 0 Å². The van der Waals surface area contributed by atoms with Crippen molar-refractivity contribution in [3.05, 3.63) is 59.4 Å². The summed E-state index contributed by atoms with van der Waals surface area (Å²) in [5.41, 5.74) is 1.01. The Morgan fingerprint density at radius 3 is 2.81 bits per heavy atom. The summed E-state index contributed by atoms with van der Waals surface area (Å²) < 4.78 is 20.1. The second-order valence-corrected chi connectivity index (χ2v) is 7.25. The fourth-order valence-corrected chi connectivity index (χ4v) is 3.60. The predicted molar refractivity (Wildman–Crippen MR) is 102 cm³/mol. The minimum atomic E-state index is -0.401. The van der Waals surface area contributed by atoms with Gasteiger partial charge in [-0.25, -0.2) is 9.37 Å². The molecule has 1 N–H and O–H groups in total. The Morgan fingerprint density at radius 2 is 2.00 bits per heavy atom. The number of thiazole rings is 1. The summed E-state index contributed by atoms with van der Waals surface area (Å²) in [5, 5.41) is 3.93. The van der Waals surface area contributed by atoms with Crippen LogP contribution in [0.25, 0.3) is 10.2 Å². The summed E-state index contributed by atoms with van der Waals surface area (Å²) in [4.78, 5) is 16.6. The molecule has 136 valence electrons. The number of aryl methyl sites for hydroxylation is 1. The van der Waals surface area contributed by atoms with Gasteiger partial charge in [0.1, 0.15) is 6.61 Å². The number of amides is 1. The zero-order valence-electron chi connectivity index (χ0n) is 14.6. The third-order valence-electron chi connectivity index (χ3n) is 3.87. The van der Waals surface area contributed by atoms with E-state index in [2.05, 4.69) is 16.4 Å². The van der Waals surface area contributed by atoms with Gasteiger partial charge in [0.15, 0.2) is 11.6 Å². The van der Waals surface area contributed by atoms with Crippen molar-refractivity contribution < 1.29 is 13.9 Å². The lowest BCUT2D eigenvalue weighted by molar-refractivity contribution is -0.122. The molecule has 0 spiro atoms. The molecule has 2 aromatic carbocycles. The molecule has 0 aliphatic carbocycles. The minimum absolute atomic E-state index is 0.0317. The van der Waals surface area contributed by atoms with Gasteiger partial charge < -0.3 is 10.1 Å². The van der Waals surface area contributed by atoms with Crippen molar-refractivity contribution in [2.45, 2.75) is 32.2 Å². The van der Waals surface area contributed by atoms with Crippen molar-refractivity contribution >= 4 is 27.5 Å². The second kappa shape index (κ2) is 8.76. The summed E-state index contributed by atoms with van der Waals surface area (Å²) in [6.07, 6.45) is 1.96. The number of fused-ring (bicyclic) bond motifs is 1. The van der Waals surface area contributed by atoms with Gasteiger partial charge in [0, 0.05) is 6.42 Å². The monoisotopic (exact) mass is 372 g/mol. The molecule has 26 heavy (non-hydrogen) atoms. The first kappa shape index (κ1) is 18.3. The minimum Gasteiger partial charge on any atom is -0.488 e. The Morgan fingerprint density at radius 1 is 1.23 bits per heavy atom. The fourth-order valence-electron chi connectivity index (χ4n) is 2.59. The third-order valence-corrected chi connectivity index (χ3v) is 4.96. The molecular weight excluding hydrogens is 351 g/mol. The van der Waals surface area contributed by atoms with Crippen LogP contribution in [0.2, 0.25) is 0 Å². The number of benzene rings is 2. The molecule has 1 amide bonds. The van der Waals surface area contributed by atoms with Gasteiger partial charge in [-0.05, 0) is 44.0 Å². The summed E-state index contributed by atoms with van der Waals surface area (Å²) in [5.74, 6) is -0.234. The van der Waals surface area contributed by atoms with E-state index >= 15 is 0 Å². The molecular formula is C20H21FN2O2S.